The predicted octanol–water partition coefficient (Wildman–Crippen LogP) is 5.15. The summed E-state index contributed by atoms with van der Waals surface area (Å²) in [4.78, 5) is 31.7. The lowest BCUT2D eigenvalue weighted by Gasteiger charge is -2.11. The number of nitrogens with one attached hydrogen (secondary N) is 1. The van der Waals surface area contributed by atoms with Crippen molar-refractivity contribution in [1.82, 2.24) is 19.7 Å². The number of aryl methyl sites for hydroxylation is 1. The van der Waals surface area contributed by atoms with Crippen LogP contribution in [-0.4, -0.2) is 30.6 Å². The van der Waals surface area contributed by atoms with Crippen molar-refractivity contribution < 1.29 is 14.1 Å². The van der Waals surface area contributed by atoms with Crippen molar-refractivity contribution >= 4 is 39.0 Å². The lowest BCUT2D eigenvalue weighted by Crippen LogP contribution is -2.12. The summed E-state index contributed by atoms with van der Waals surface area (Å²) in [6.45, 7) is 1.96. The zero-order valence-corrected chi connectivity index (χ0v) is 18.4. The highest BCUT2D eigenvalue weighted by Crippen LogP contribution is 2.31. The number of anilines is 1. The number of thiophene rings is 1. The van der Waals surface area contributed by atoms with E-state index >= 15 is 0 Å². The van der Waals surface area contributed by atoms with Gasteiger partial charge < -0.3 is 5.32 Å². The van der Waals surface area contributed by atoms with E-state index in [1.165, 1.54) is 24.4 Å². The summed E-state index contributed by atoms with van der Waals surface area (Å²) in [5.41, 5.74) is 3.49. The quantitative estimate of drug-likeness (QED) is 0.214. The van der Waals surface area contributed by atoms with Crippen molar-refractivity contribution in [3.8, 4) is 16.9 Å². The van der Waals surface area contributed by atoms with Crippen molar-refractivity contribution in [2.75, 3.05) is 5.32 Å². The van der Waals surface area contributed by atoms with Gasteiger partial charge in [-0.15, -0.1) is 0 Å². The molecule has 0 bridgehead atoms. The second-order valence-corrected chi connectivity index (χ2v) is 8.41. The van der Waals surface area contributed by atoms with Crippen LogP contribution >= 0.6 is 11.3 Å². The minimum atomic E-state index is -0.623. The largest absolute Gasteiger partial charge is 0.324 e. The summed E-state index contributed by atoms with van der Waals surface area (Å²) in [6.07, 6.45) is 2.94. The summed E-state index contributed by atoms with van der Waals surface area (Å²) in [6, 6.07) is 14.9. The Morgan fingerprint density at radius 2 is 1.97 bits per heavy atom. The van der Waals surface area contributed by atoms with Gasteiger partial charge in [0.05, 0.1) is 38.3 Å². The molecule has 11 heteroatoms. The summed E-state index contributed by atoms with van der Waals surface area (Å²) < 4.78 is 15.1. The minimum Gasteiger partial charge on any atom is -0.305 e. The van der Waals surface area contributed by atoms with Crippen LogP contribution in [0.4, 0.5) is 15.2 Å². The number of rotatable bonds is 5. The van der Waals surface area contributed by atoms with E-state index in [-0.39, 0.29) is 15.7 Å². The van der Waals surface area contributed by atoms with E-state index < -0.39 is 16.8 Å². The first-order chi connectivity index (χ1) is 16.4. The molecule has 5 aromatic rings. The number of hydrogen-bond acceptors (Lipinski definition) is 7. The Balaban J connectivity index is 1.65. The molecule has 1 aromatic carbocycles. The summed E-state index contributed by atoms with van der Waals surface area (Å²) in [5.74, 6) is -0.940. The van der Waals surface area contributed by atoms with Crippen molar-refractivity contribution in [3.63, 3.8) is 0 Å². The second kappa shape index (κ2) is 8.45. The SMILES string of the molecule is Cc1ccccc1-n1ncc2c(NC(=O)c3ccc([N+](=O)[O-])s3)nc(-c3ccc(F)nc3)cc21. The molecule has 0 aliphatic carbocycles. The fraction of sp³-hybridized carbons (Fsp3) is 0.0435. The molecule has 168 valence electrons. The maximum atomic E-state index is 13.4. The van der Waals surface area contributed by atoms with Gasteiger partial charge in [-0.3, -0.25) is 14.9 Å². The molecule has 0 atom stereocenters. The van der Waals surface area contributed by atoms with Gasteiger partial charge in [-0.05, 0) is 42.8 Å². The van der Waals surface area contributed by atoms with Crippen molar-refractivity contribution in [2.24, 2.45) is 0 Å². The number of benzene rings is 1. The number of halogens is 1. The van der Waals surface area contributed by atoms with Crippen LogP contribution in [0.25, 0.3) is 27.8 Å². The maximum Gasteiger partial charge on any atom is 0.324 e. The molecule has 0 saturated heterocycles. The summed E-state index contributed by atoms with van der Waals surface area (Å²) in [5, 5.41) is 18.7. The Bertz CT molecular complexity index is 1560. The summed E-state index contributed by atoms with van der Waals surface area (Å²) in [7, 11) is 0. The van der Waals surface area contributed by atoms with Gasteiger partial charge in [-0.1, -0.05) is 29.5 Å². The fourth-order valence-corrected chi connectivity index (χ4v) is 4.22. The Hall–Kier alpha value is -4.51. The van der Waals surface area contributed by atoms with E-state index in [0.717, 1.165) is 22.6 Å². The zero-order valence-electron chi connectivity index (χ0n) is 17.6. The van der Waals surface area contributed by atoms with E-state index in [4.69, 9.17) is 0 Å². The summed E-state index contributed by atoms with van der Waals surface area (Å²) >= 11 is 0.769. The minimum absolute atomic E-state index is 0.137. The number of aromatic nitrogens is 4. The number of carbonyl (C=O) groups is 1. The number of carbonyl (C=O) groups excluding carboxylic acids is 1. The van der Waals surface area contributed by atoms with Crippen molar-refractivity contribution in [2.45, 2.75) is 6.92 Å². The fourth-order valence-electron chi connectivity index (χ4n) is 3.50. The standard InChI is InChI=1S/C23H15FN6O3S/c1-13-4-2-3-5-17(13)29-18-10-16(14-6-8-20(24)25-11-14)27-22(15(18)12-26-29)28-23(31)19-7-9-21(34-19)30(32)33/h2-12H,1H3,(H,27,28,31). The first-order valence-corrected chi connectivity index (χ1v) is 10.8. The maximum absolute atomic E-state index is 13.4. The third-order valence-corrected chi connectivity index (χ3v) is 6.20. The lowest BCUT2D eigenvalue weighted by atomic mass is 10.1. The van der Waals surface area contributed by atoms with Crippen LogP contribution in [0.1, 0.15) is 15.2 Å². The number of para-hydroxylation sites is 1. The number of hydrogen-bond donors (Lipinski definition) is 1. The van der Waals surface area contributed by atoms with Gasteiger partial charge in [0.1, 0.15) is 5.82 Å². The van der Waals surface area contributed by atoms with E-state index in [1.54, 1.807) is 23.0 Å². The number of nitrogens with zero attached hydrogens (tertiary/aromatic N) is 5. The van der Waals surface area contributed by atoms with Gasteiger partial charge in [0.15, 0.2) is 0 Å². The first-order valence-electron chi connectivity index (χ1n) is 10.0. The van der Waals surface area contributed by atoms with E-state index in [9.17, 15) is 19.3 Å². The first kappa shape index (κ1) is 21.3. The van der Waals surface area contributed by atoms with Gasteiger partial charge in [-0.2, -0.15) is 9.49 Å². The molecule has 9 nitrogen and oxygen atoms in total. The molecule has 1 N–H and O–H groups in total. The molecule has 0 aliphatic rings. The molecule has 0 saturated carbocycles. The monoisotopic (exact) mass is 474 g/mol. The molecule has 34 heavy (non-hydrogen) atoms. The Morgan fingerprint density at radius 3 is 2.68 bits per heavy atom. The number of nitro groups is 1. The van der Waals surface area contributed by atoms with Gasteiger partial charge >= 0.3 is 5.00 Å². The van der Waals surface area contributed by atoms with E-state index in [2.05, 4.69) is 20.4 Å². The third kappa shape index (κ3) is 3.88. The molecule has 4 heterocycles. The zero-order chi connectivity index (χ0) is 23.8. The lowest BCUT2D eigenvalue weighted by molar-refractivity contribution is -0.380. The van der Waals surface area contributed by atoms with Crippen LogP contribution in [0, 0.1) is 23.0 Å². The average molecular weight is 474 g/mol. The van der Waals surface area contributed by atoms with E-state index in [0.29, 0.717) is 22.2 Å². The molecule has 0 aliphatic heterocycles. The number of amides is 1. The van der Waals surface area contributed by atoms with Crippen molar-refractivity contribution in [3.05, 3.63) is 93.5 Å². The van der Waals surface area contributed by atoms with Crippen LogP contribution in [0.5, 0.6) is 0 Å². The highest BCUT2D eigenvalue weighted by molar-refractivity contribution is 7.17. The molecular weight excluding hydrogens is 459 g/mol. The van der Waals surface area contributed by atoms with Gasteiger partial charge in [0.2, 0.25) is 5.95 Å². The Morgan fingerprint density at radius 1 is 1.15 bits per heavy atom. The van der Waals surface area contributed by atoms with Crippen LogP contribution in [0.3, 0.4) is 0 Å². The van der Waals surface area contributed by atoms with Crippen LogP contribution in [-0.2, 0) is 0 Å². The van der Waals surface area contributed by atoms with Crippen LogP contribution < -0.4 is 5.32 Å². The molecule has 0 fully saturated rings. The van der Waals surface area contributed by atoms with Gasteiger partial charge in [0, 0.05) is 17.8 Å². The second-order valence-electron chi connectivity index (χ2n) is 7.35. The molecular formula is C23H15FN6O3S. The van der Waals surface area contributed by atoms with E-state index in [1.807, 2.05) is 31.2 Å². The smallest absolute Gasteiger partial charge is 0.305 e. The molecule has 0 spiro atoms. The van der Waals surface area contributed by atoms with Crippen molar-refractivity contribution in [1.29, 1.82) is 0 Å². The third-order valence-electron chi connectivity index (χ3n) is 5.16. The molecule has 0 radical (unpaired) electrons. The van der Waals surface area contributed by atoms with Gasteiger partial charge in [0.25, 0.3) is 5.91 Å². The van der Waals surface area contributed by atoms with Crippen LogP contribution in [0.15, 0.2) is 67.0 Å². The Labute approximate surface area is 195 Å². The highest BCUT2D eigenvalue weighted by Gasteiger charge is 2.20. The average Bonchev–Trinajstić information content (AvgIpc) is 3.48. The normalized spacial score (nSPS) is 11.0. The molecule has 4 aromatic heterocycles. The van der Waals surface area contributed by atoms with Crippen LogP contribution in [0.2, 0.25) is 0 Å². The van der Waals surface area contributed by atoms with Gasteiger partial charge in [-0.25, -0.2) is 14.6 Å². The molecule has 5 rings (SSSR count). The number of pyridine rings is 2. The topological polar surface area (TPSA) is 116 Å². The highest BCUT2D eigenvalue weighted by atomic mass is 32.1. The predicted molar refractivity (Wildman–Crippen MR) is 126 cm³/mol. The molecule has 1 amide bonds. The Kier molecular flexibility index (Phi) is 5.30. The molecule has 0 unspecified atom stereocenters. The number of fused-ring (bicyclic) bond motifs is 1.